The van der Waals surface area contributed by atoms with Crippen LogP contribution < -0.4 is 5.32 Å². The van der Waals surface area contributed by atoms with Gasteiger partial charge in [-0.25, -0.2) is 4.98 Å². The zero-order valence-electron chi connectivity index (χ0n) is 17.9. The average molecular weight is 481 g/mol. The second kappa shape index (κ2) is 10.4. The quantitative estimate of drug-likeness (QED) is 0.301. The highest BCUT2D eigenvalue weighted by Crippen LogP contribution is 2.29. The number of rotatable bonds is 8. The molecule has 0 saturated heterocycles. The van der Waals surface area contributed by atoms with Crippen molar-refractivity contribution in [2.75, 3.05) is 18.2 Å². The molecule has 0 aliphatic carbocycles. The molecule has 0 saturated carbocycles. The van der Waals surface area contributed by atoms with Crippen LogP contribution in [0.5, 0.6) is 0 Å². The number of anilines is 1. The standard InChI is InChI=1S/C22H20N6O3S2/c1-14-5-3-4-6-17(14)28-20(15-7-9-23-10-8-15)26-27-22(28)33-13-18(29)25-21-24-16(12-32-21)11-19(30)31-2/h3-10,12H,11,13H2,1-2H3,(H,24,25,29). The summed E-state index contributed by atoms with van der Waals surface area (Å²) in [6.07, 6.45) is 3.47. The van der Waals surface area contributed by atoms with Crippen LogP contribution in [0.4, 0.5) is 5.13 Å². The number of aryl methyl sites for hydroxylation is 1. The Labute approximate surface area is 198 Å². The Balaban J connectivity index is 1.51. The number of amides is 1. The van der Waals surface area contributed by atoms with E-state index in [1.807, 2.05) is 47.9 Å². The number of esters is 1. The zero-order valence-corrected chi connectivity index (χ0v) is 19.5. The summed E-state index contributed by atoms with van der Waals surface area (Å²) in [7, 11) is 1.32. The number of hydrogen-bond donors (Lipinski definition) is 1. The van der Waals surface area contributed by atoms with Crippen molar-refractivity contribution in [3.8, 4) is 17.1 Å². The van der Waals surface area contributed by atoms with Crippen LogP contribution in [0.3, 0.4) is 0 Å². The van der Waals surface area contributed by atoms with Gasteiger partial charge in [0, 0.05) is 23.3 Å². The summed E-state index contributed by atoms with van der Waals surface area (Å²) in [6, 6.07) is 11.7. The van der Waals surface area contributed by atoms with Crippen LogP contribution in [-0.4, -0.2) is 49.5 Å². The fourth-order valence-corrected chi connectivity index (χ4v) is 4.51. The molecule has 1 amide bonds. The molecule has 3 aromatic heterocycles. The van der Waals surface area contributed by atoms with Gasteiger partial charge in [0.05, 0.1) is 30.7 Å². The molecule has 0 aliphatic heterocycles. The first kappa shape index (κ1) is 22.6. The SMILES string of the molecule is COC(=O)Cc1csc(NC(=O)CSc2nnc(-c3ccncc3)n2-c2ccccc2C)n1. The maximum atomic E-state index is 12.5. The molecule has 0 unspecified atom stereocenters. The third-order valence-electron chi connectivity index (χ3n) is 4.61. The number of benzene rings is 1. The van der Waals surface area contributed by atoms with Crippen LogP contribution in [0.15, 0.2) is 59.3 Å². The lowest BCUT2D eigenvalue weighted by atomic mass is 10.2. The van der Waals surface area contributed by atoms with Crippen molar-refractivity contribution < 1.29 is 14.3 Å². The number of para-hydroxylation sites is 1. The van der Waals surface area contributed by atoms with Crippen LogP contribution in [-0.2, 0) is 20.7 Å². The largest absolute Gasteiger partial charge is 0.469 e. The molecule has 0 atom stereocenters. The van der Waals surface area contributed by atoms with E-state index in [2.05, 4.69) is 30.2 Å². The molecule has 1 N–H and O–H groups in total. The molecule has 4 rings (SSSR count). The zero-order chi connectivity index (χ0) is 23.2. The fourth-order valence-electron chi connectivity index (χ4n) is 3.03. The van der Waals surface area contributed by atoms with E-state index in [0.29, 0.717) is 21.8 Å². The Hall–Kier alpha value is -3.57. The van der Waals surface area contributed by atoms with Crippen molar-refractivity contribution in [2.24, 2.45) is 0 Å². The van der Waals surface area contributed by atoms with Gasteiger partial charge in [0.15, 0.2) is 16.1 Å². The number of thiazole rings is 1. The van der Waals surface area contributed by atoms with Crippen molar-refractivity contribution in [1.82, 2.24) is 24.7 Å². The number of nitrogens with zero attached hydrogens (tertiary/aromatic N) is 5. The van der Waals surface area contributed by atoms with Gasteiger partial charge in [-0.3, -0.25) is 19.1 Å². The maximum absolute atomic E-state index is 12.5. The predicted molar refractivity (Wildman–Crippen MR) is 127 cm³/mol. The number of pyridine rings is 1. The highest BCUT2D eigenvalue weighted by Gasteiger charge is 2.19. The first-order valence-corrected chi connectivity index (χ1v) is 11.8. The Morgan fingerprint density at radius 3 is 2.70 bits per heavy atom. The molecule has 0 spiro atoms. The number of methoxy groups -OCH3 is 1. The topological polar surface area (TPSA) is 112 Å². The second-order valence-electron chi connectivity index (χ2n) is 6.90. The molecule has 1 aromatic carbocycles. The minimum Gasteiger partial charge on any atom is -0.469 e. The lowest BCUT2D eigenvalue weighted by molar-refractivity contribution is -0.139. The third kappa shape index (κ3) is 5.44. The average Bonchev–Trinajstić information content (AvgIpc) is 3.45. The summed E-state index contributed by atoms with van der Waals surface area (Å²) < 4.78 is 6.58. The molecule has 0 radical (unpaired) electrons. The highest BCUT2D eigenvalue weighted by molar-refractivity contribution is 7.99. The molecular formula is C22H20N6O3S2. The van der Waals surface area contributed by atoms with Crippen molar-refractivity contribution in [3.63, 3.8) is 0 Å². The lowest BCUT2D eigenvalue weighted by Gasteiger charge is -2.12. The first-order chi connectivity index (χ1) is 16.0. The van der Waals surface area contributed by atoms with Gasteiger partial charge in [0.25, 0.3) is 0 Å². The minimum atomic E-state index is -0.380. The fraction of sp³-hybridized carbons (Fsp3) is 0.182. The molecule has 0 bridgehead atoms. The van der Waals surface area contributed by atoms with Crippen LogP contribution in [0.25, 0.3) is 17.1 Å². The van der Waals surface area contributed by atoms with E-state index in [0.717, 1.165) is 16.8 Å². The number of hydrogen-bond acceptors (Lipinski definition) is 9. The van der Waals surface area contributed by atoms with E-state index < -0.39 is 0 Å². The van der Waals surface area contributed by atoms with Crippen LogP contribution in [0.1, 0.15) is 11.3 Å². The smallest absolute Gasteiger partial charge is 0.311 e. The molecular weight excluding hydrogens is 460 g/mol. The van der Waals surface area contributed by atoms with Crippen molar-refractivity contribution in [1.29, 1.82) is 0 Å². The minimum absolute atomic E-state index is 0.0644. The highest BCUT2D eigenvalue weighted by atomic mass is 32.2. The van der Waals surface area contributed by atoms with E-state index in [1.54, 1.807) is 17.8 Å². The molecule has 4 aromatic rings. The lowest BCUT2D eigenvalue weighted by Crippen LogP contribution is -2.15. The molecule has 9 nitrogen and oxygen atoms in total. The molecule has 33 heavy (non-hydrogen) atoms. The summed E-state index contributed by atoms with van der Waals surface area (Å²) in [6.45, 7) is 2.02. The van der Waals surface area contributed by atoms with Gasteiger partial charge in [-0.1, -0.05) is 30.0 Å². The number of carbonyl (C=O) groups excluding carboxylic acids is 2. The Kier molecular flexibility index (Phi) is 7.10. The number of aromatic nitrogens is 5. The predicted octanol–water partition coefficient (Wildman–Crippen LogP) is 3.54. The molecule has 3 heterocycles. The second-order valence-corrected chi connectivity index (χ2v) is 8.70. The summed E-state index contributed by atoms with van der Waals surface area (Å²) in [4.78, 5) is 32.2. The van der Waals surface area contributed by atoms with Gasteiger partial charge in [-0.05, 0) is 30.7 Å². The number of ether oxygens (including phenoxy) is 1. The van der Waals surface area contributed by atoms with Gasteiger partial charge in [-0.2, -0.15) is 0 Å². The summed E-state index contributed by atoms with van der Waals surface area (Å²) >= 11 is 2.54. The van der Waals surface area contributed by atoms with E-state index in [4.69, 9.17) is 0 Å². The monoisotopic (exact) mass is 480 g/mol. The van der Waals surface area contributed by atoms with E-state index in [1.165, 1.54) is 30.2 Å². The van der Waals surface area contributed by atoms with Gasteiger partial charge in [-0.15, -0.1) is 21.5 Å². The van der Waals surface area contributed by atoms with Crippen molar-refractivity contribution >= 4 is 40.1 Å². The van der Waals surface area contributed by atoms with Gasteiger partial charge >= 0.3 is 5.97 Å². The summed E-state index contributed by atoms with van der Waals surface area (Å²) in [5, 5.41) is 14.2. The van der Waals surface area contributed by atoms with E-state index in [9.17, 15) is 9.59 Å². The molecule has 0 aliphatic rings. The normalized spacial score (nSPS) is 10.7. The Bertz CT molecular complexity index is 1270. The molecule has 168 valence electrons. The van der Waals surface area contributed by atoms with Gasteiger partial charge in [0.2, 0.25) is 5.91 Å². The Morgan fingerprint density at radius 1 is 1.15 bits per heavy atom. The maximum Gasteiger partial charge on any atom is 0.311 e. The number of thioether (sulfide) groups is 1. The van der Waals surface area contributed by atoms with E-state index in [-0.39, 0.29) is 24.1 Å². The first-order valence-electron chi connectivity index (χ1n) is 9.91. The van der Waals surface area contributed by atoms with Crippen molar-refractivity contribution in [3.05, 3.63) is 65.4 Å². The molecule has 0 fully saturated rings. The van der Waals surface area contributed by atoms with Gasteiger partial charge < -0.3 is 10.1 Å². The van der Waals surface area contributed by atoms with Crippen LogP contribution in [0.2, 0.25) is 0 Å². The van der Waals surface area contributed by atoms with Crippen LogP contribution in [0, 0.1) is 6.92 Å². The van der Waals surface area contributed by atoms with E-state index >= 15 is 0 Å². The van der Waals surface area contributed by atoms with Crippen LogP contribution >= 0.6 is 23.1 Å². The molecule has 11 heteroatoms. The summed E-state index contributed by atoms with van der Waals surface area (Å²) in [5.74, 6) is 0.173. The van der Waals surface area contributed by atoms with Crippen molar-refractivity contribution in [2.45, 2.75) is 18.5 Å². The summed E-state index contributed by atoms with van der Waals surface area (Å²) in [5.41, 5.74) is 3.42. The number of carbonyl (C=O) groups is 2. The number of nitrogens with one attached hydrogen (secondary N) is 1. The van der Waals surface area contributed by atoms with Gasteiger partial charge in [0.1, 0.15) is 0 Å². The Morgan fingerprint density at radius 2 is 1.94 bits per heavy atom. The third-order valence-corrected chi connectivity index (χ3v) is 6.35.